The maximum absolute atomic E-state index is 5.51. The van der Waals surface area contributed by atoms with Crippen molar-refractivity contribution >= 4 is 5.84 Å². The molecule has 0 aromatic heterocycles. The summed E-state index contributed by atoms with van der Waals surface area (Å²) < 4.78 is 0. The molecule has 0 bridgehead atoms. The molecule has 2 N–H and O–H groups in total. The molecule has 0 aromatic carbocycles. The maximum Gasteiger partial charge on any atom is 0.108 e. The zero-order valence-electron chi connectivity index (χ0n) is 7.09. The van der Waals surface area contributed by atoms with Crippen molar-refractivity contribution in [3.63, 3.8) is 0 Å². The summed E-state index contributed by atoms with van der Waals surface area (Å²) in [6.07, 6.45) is 1.16. The van der Waals surface area contributed by atoms with Gasteiger partial charge in [-0.05, 0) is 20.0 Å². The Bertz CT molecular complexity index is 109. The molecule has 0 rings (SSSR count). The fourth-order valence-electron chi connectivity index (χ4n) is 0.808. The lowest BCUT2D eigenvalue weighted by molar-refractivity contribution is 0.380. The highest BCUT2D eigenvalue weighted by Gasteiger charge is 1.96. The van der Waals surface area contributed by atoms with Crippen molar-refractivity contribution in [2.24, 2.45) is 10.7 Å². The van der Waals surface area contributed by atoms with Crippen LogP contribution in [0.3, 0.4) is 0 Å². The first-order valence-electron chi connectivity index (χ1n) is 3.60. The smallest absolute Gasteiger partial charge is 0.108 e. The average Bonchev–Trinajstić information content (AvgIpc) is 1.88. The fourth-order valence-corrected chi connectivity index (χ4v) is 0.808. The SMILES string of the molecule is CCCN(C)CC(N)=NC. The molecule has 0 fully saturated rings. The Labute approximate surface area is 62.9 Å². The summed E-state index contributed by atoms with van der Waals surface area (Å²) in [5.74, 6) is 0.705. The molecule has 3 nitrogen and oxygen atoms in total. The zero-order valence-corrected chi connectivity index (χ0v) is 7.09. The van der Waals surface area contributed by atoms with Gasteiger partial charge in [0, 0.05) is 7.05 Å². The van der Waals surface area contributed by atoms with Gasteiger partial charge in [-0.15, -0.1) is 0 Å². The summed E-state index contributed by atoms with van der Waals surface area (Å²) >= 11 is 0. The summed E-state index contributed by atoms with van der Waals surface area (Å²) in [6.45, 7) is 4.01. The molecule has 0 amide bonds. The van der Waals surface area contributed by atoms with Gasteiger partial charge in [-0.2, -0.15) is 0 Å². The van der Waals surface area contributed by atoms with Crippen molar-refractivity contribution in [1.29, 1.82) is 0 Å². The van der Waals surface area contributed by atoms with Gasteiger partial charge in [0.15, 0.2) is 0 Å². The molecule has 10 heavy (non-hydrogen) atoms. The van der Waals surface area contributed by atoms with E-state index in [-0.39, 0.29) is 0 Å². The molecular formula is C7H17N3. The van der Waals surface area contributed by atoms with E-state index in [1.165, 1.54) is 0 Å². The van der Waals surface area contributed by atoms with Crippen LogP contribution in [0.4, 0.5) is 0 Å². The van der Waals surface area contributed by atoms with Crippen LogP contribution in [-0.2, 0) is 0 Å². The van der Waals surface area contributed by atoms with Crippen LogP contribution in [-0.4, -0.2) is 37.9 Å². The third-order valence-corrected chi connectivity index (χ3v) is 1.32. The standard InChI is InChI=1S/C7H17N3/c1-4-5-10(3)6-7(8)9-2/h4-6H2,1-3H3,(H2,8,9). The van der Waals surface area contributed by atoms with Gasteiger partial charge in [-0.3, -0.25) is 9.89 Å². The minimum absolute atomic E-state index is 0.705. The van der Waals surface area contributed by atoms with Crippen LogP contribution in [0.5, 0.6) is 0 Å². The van der Waals surface area contributed by atoms with Crippen LogP contribution in [0.15, 0.2) is 4.99 Å². The summed E-state index contributed by atoms with van der Waals surface area (Å²) in [4.78, 5) is 6.02. The van der Waals surface area contributed by atoms with Gasteiger partial charge in [0.2, 0.25) is 0 Å². The van der Waals surface area contributed by atoms with E-state index in [4.69, 9.17) is 5.73 Å². The molecule has 0 saturated heterocycles. The summed E-state index contributed by atoms with van der Waals surface area (Å²) in [5, 5.41) is 0. The zero-order chi connectivity index (χ0) is 7.98. The summed E-state index contributed by atoms with van der Waals surface area (Å²) in [5.41, 5.74) is 5.51. The van der Waals surface area contributed by atoms with Gasteiger partial charge in [0.25, 0.3) is 0 Å². The molecule has 0 heterocycles. The van der Waals surface area contributed by atoms with Crippen molar-refractivity contribution in [1.82, 2.24) is 4.90 Å². The van der Waals surface area contributed by atoms with E-state index in [9.17, 15) is 0 Å². The van der Waals surface area contributed by atoms with Crippen LogP contribution in [0.2, 0.25) is 0 Å². The monoisotopic (exact) mass is 143 g/mol. The highest BCUT2D eigenvalue weighted by molar-refractivity contribution is 5.82. The lowest BCUT2D eigenvalue weighted by Gasteiger charge is -2.13. The Balaban J connectivity index is 3.47. The Morgan fingerprint density at radius 1 is 1.60 bits per heavy atom. The van der Waals surface area contributed by atoms with Gasteiger partial charge in [0.05, 0.1) is 6.54 Å². The first-order valence-corrected chi connectivity index (χ1v) is 3.60. The molecule has 0 atom stereocenters. The van der Waals surface area contributed by atoms with E-state index in [0.29, 0.717) is 5.84 Å². The lowest BCUT2D eigenvalue weighted by atomic mass is 10.4. The Morgan fingerprint density at radius 2 is 2.20 bits per heavy atom. The molecule has 60 valence electrons. The third-order valence-electron chi connectivity index (χ3n) is 1.32. The second kappa shape index (κ2) is 5.23. The molecular weight excluding hydrogens is 126 g/mol. The fraction of sp³-hybridized carbons (Fsp3) is 0.857. The van der Waals surface area contributed by atoms with Gasteiger partial charge in [0.1, 0.15) is 5.84 Å². The normalized spacial score (nSPS) is 12.6. The number of nitrogens with two attached hydrogens (primary N) is 1. The van der Waals surface area contributed by atoms with E-state index in [0.717, 1.165) is 19.5 Å². The Kier molecular flexibility index (Phi) is 4.94. The van der Waals surface area contributed by atoms with Crippen molar-refractivity contribution < 1.29 is 0 Å². The van der Waals surface area contributed by atoms with Crippen LogP contribution in [0, 0.1) is 0 Å². The van der Waals surface area contributed by atoms with E-state index in [2.05, 4.69) is 16.8 Å². The van der Waals surface area contributed by atoms with Crippen molar-refractivity contribution in [2.45, 2.75) is 13.3 Å². The Morgan fingerprint density at radius 3 is 2.60 bits per heavy atom. The quantitative estimate of drug-likeness (QED) is 0.455. The van der Waals surface area contributed by atoms with E-state index >= 15 is 0 Å². The molecule has 0 saturated carbocycles. The lowest BCUT2D eigenvalue weighted by Crippen LogP contribution is -2.31. The number of hydrogen-bond acceptors (Lipinski definition) is 2. The largest absolute Gasteiger partial charge is 0.386 e. The van der Waals surface area contributed by atoms with Gasteiger partial charge in [-0.25, -0.2) is 0 Å². The van der Waals surface area contributed by atoms with E-state index < -0.39 is 0 Å². The summed E-state index contributed by atoms with van der Waals surface area (Å²) in [7, 11) is 3.76. The first-order chi connectivity index (χ1) is 4.70. The van der Waals surface area contributed by atoms with Crippen LogP contribution < -0.4 is 5.73 Å². The molecule has 0 unspecified atom stereocenters. The van der Waals surface area contributed by atoms with Gasteiger partial charge < -0.3 is 5.73 Å². The molecule has 0 aliphatic rings. The molecule has 0 radical (unpaired) electrons. The highest BCUT2D eigenvalue weighted by atomic mass is 15.1. The molecule has 0 aromatic rings. The van der Waals surface area contributed by atoms with Crippen LogP contribution in [0.1, 0.15) is 13.3 Å². The summed E-state index contributed by atoms with van der Waals surface area (Å²) in [6, 6.07) is 0. The van der Waals surface area contributed by atoms with Crippen molar-refractivity contribution in [3.05, 3.63) is 0 Å². The third kappa shape index (κ3) is 4.32. The number of rotatable bonds is 4. The predicted octanol–water partition coefficient (Wildman–Crippen LogP) is 0.315. The van der Waals surface area contributed by atoms with Crippen LogP contribution >= 0.6 is 0 Å². The average molecular weight is 143 g/mol. The number of aliphatic imine (C=N–C) groups is 1. The second-order valence-electron chi connectivity index (χ2n) is 2.45. The predicted molar refractivity (Wildman–Crippen MR) is 45.3 cm³/mol. The number of amidine groups is 1. The second-order valence-corrected chi connectivity index (χ2v) is 2.45. The first kappa shape index (κ1) is 9.43. The van der Waals surface area contributed by atoms with Gasteiger partial charge in [-0.1, -0.05) is 6.92 Å². The molecule has 3 heteroatoms. The molecule has 0 aliphatic carbocycles. The molecule has 0 spiro atoms. The van der Waals surface area contributed by atoms with Crippen molar-refractivity contribution in [3.8, 4) is 0 Å². The number of hydrogen-bond donors (Lipinski definition) is 1. The van der Waals surface area contributed by atoms with Gasteiger partial charge >= 0.3 is 0 Å². The van der Waals surface area contributed by atoms with Crippen molar-refractivity contribution in [2.75, 3.05) is 27.2 Å². The molecule has 0 aliphatic heterocycles. The number of nitrogens with zero attached hydrogens (tertiary/aromatic N) is 2. The maximum atomic E-state index is 5.51. The highest BCUT2D eigenvalue weighted by Crippen LogP contribution is 1.84. The van der Waals surface area contributed by atoms with E-state index in [1.807, 2.05) is 7.05 Å². The minimum Gasteiger partial charge on any atom is -0.386 e. The minimum atomic E-state index is 0.705. The number of likely N-dealkylation sites (N-methyl/N-ethyl adjacent to an activating group) is 1. The van der Waals surface area contributed by atoms with E-state index in [1.54, 1.807) is 7.05 Å². The van der Waals surface area contributed by atoms with Crippen LogP contribution in [0.25, 0.3) is 0 Å². The topological polar surface area (TPSA) is 41.6 Å². The Hall–Kier alpha value is -0.570.